The molecule has 1 atom stereocenters. The highest BCUT2D eigenvalue weighted by atomic mass is 19.2. The summed E-state index contributed by atoms with van der Waals surface area (Å²) in [5.41, 5.74) is 5.19. The second kappa shape index (κ2) is 4.98. The van der Waals surface area contributed by atoms with Crippen molar-refractivity contribution >= 4 is 5.97 Å². The second-order valence-electron chi connectivity index (χ2n) is 3.17. The number of nitrogens with two attached hydrogens (primary N) is 1. The van der Waals surface area contributed by atoms with Gasteiger partial charge >= 0.3 is 5.97 Å². The van der Waals surface area contributed by atoms with Crippen molar-refractivity contribution in [2.45, 2.75) is 12.5 Å². The number of carbonyl (C=O) groups is 1. The Balaban J connectivity index is 2.90. The molecule has 0 saturated carbocycles. The smallest absolute Gasteiger partial charge is 0.322 e. The molecule has 1 aromatic carbocycles. The lowest BCUT2D eigenvalue weighted by molar-refractivity contribution is -0.142. The van der Waals surface area contributed by atoms with E-state index < -0.39 is 29.5 Å². The lowest BCUT2D eigenvalue weighted by Gasteiger charge is -2.10. The van der Waals surface area contributed by atoms with Crippen LogP contribution >= 0.6 is 0 Å². The quantitative estimate of drug-likeness (QED) is 0.629. The molecule has 1 aromatic rings. The van der Waals surface area contributed by atoms with Crippen LogP contribution in [-0.2, 0) is 16.0 Å². The van der Waals surface area contributed by atoms with E-state index in [1.807, 2.05) is 0 Å². The van der Waals surface area contributed by atoms with Crippen LogP contribution in [0.5, 0.6) is 0 Å². The zero-order valence-electron chi connectivity index (χ0n) is 8.47. The molecule has 0 aromatic heterocycles. The zero-order chi connectivity index (χ0) is 12.3. The average Bonchev–Trinajstić information content (AvgIpc) is 2.28. The van der Waals surface area contributed by atoms with E-state index >= 15 is 0 Å². The van der Waals surface area contributed by atoms with Crippen molar-refractivity contribution in [1.29, 1.82) is 0 Å². The molecule has 0 fully saturated rings. The number of rotatable bonds is 3. The monoisotopic (exact) mass is 233 g/mol. The molecule has 0 unspecified atom stereocenters. The summed E-state index contributed by atoms with van der Waals surface area (Å²) in [6.45, 7) is 0. The molecule has 6 heteroatoms. The molecule has 16 heavy (non-hydrogen) atoms. The normalized spacial score (nSPS) is 12.3. The summed E-state index contributed by atoms with van der Waals surface area (Å²) in [6, 6.07) is 0.707. The van der Waals surface area contributed by atoms with Crippen molar-refractivity contribution in [3.63, 3.8) is 0 Å². The number of methoxy groups -OCH3 is 1. The fourth-order valence-electron chi connectivity index (χ4n) is 1.20. The first-order valence-corrected chi connectivity index (χ1v) is 4.43. The van der Waals surface area contributed by atoms with Gasteiger partial charge in [0, 0.05) is 6.42 Å². The number of carbonyl (C=O) groups excluding carboxylic acids is 1. The summed E-state index contributed by atoms with van der Waals surface area (Å²) in [5, 5.41) is 0. The minimum absolute atomic E-state index is 0.170. The van der Waals surface area contributed by atoms with Crippen LogP contribution in [0.15, 0.2) is 12.1 Å². The Bertz CT molecular complexity index is 409. The highest BCUT2D eigenvalue weighted by molar-refractivity contribution is 5.75. The molecule has 0 bridgehead atoms. The summed E-state index contributed by atoms with van der Waals surface area (Å²) in [4.78, 5) is 10.9. The van der Waals surface area contributed by atoms with Gasteiger partial charge in [-0.1, -0.05) is 6.07 Å². The summed E-state index contributed by atoms with van der Waals surface area (Å²) in [6.07, 6.45) is -0.254. The Labute approximate surface area is 90.0 Å². The highest BCUT2D eigenvalue weighted by Crippen LogP contribution is 2.16. The number of esters is 1. The SMILES string of the molecule is COC(=O)[C@@H](N)Cc1ccc(F)c(F)c1F. The van der Waals surface area contributed by atoms with E-state index in [2.05, 4.69) is 4.74 Å². The van der Waals surface area contributed by atoms with Crippen LogP contribution in [0.3, 0.4) is 0 Å². The van der Waals surface area contributed by atoms with Gasteiger partial charge in [-0.05, 0) is 11.6 Å². The maximum atomic E-state index is 13.2. The Morgan fingerprint density at radius 2 is 2.00 bits per heavy atom. The van der Waals surface area contributed by atoms with E-state index in [0.717, 1.165) is 19.2 Å². The van der Waals surface area contributed by atoms with E-state index in [1.165, 1.54) is 0 Å². The maximum Gasteiger partial charge on any atom is 0.322 e. The number of benzene rings is 1. The number of hydrogen-bond acceptors (Lipinski definition) is 3. The third kappa shape index (κ3) is 2.52. The van der Waals surface area contributed by atoms with Gasteiger partial charge in [0.2, 0.25) is 0 Å². The van der Waals surface area contributed by atoms with E-state index in [1.54, 1.807) is 0 Å². The standard InChI is InChI=1S/C10H10F3NO2/c1-16-10(15)7(14)4-5-2-3-6(11)9(13)8(5)12/h2-3,7H,4,14H2,1H3/t7-/m0/s1. The molecule has 0 heterocycles. The highest BCUT2D eigenvalue weighted by Gasteiger charge is 2.19. The molecule has 3 nitrogen and oxygen atoms in total. The number of hydrogen-bond donors (Lipinski definition) is 1. The van der Waals surface area contributed by atoms with Crippen molar-refractivity contribution in [1.82, 2.24) is 0 Å². The van der Waals surface area contributed by atoms with Crippen molar-refractivity contribution < 1.29 is 22.7 Å². The Kier molecular flexibility index (Phi) is 3.89. The van der Waals surface area contributed by atoms with E-state index in [9.17, 15) is 18.0 Å². The van der Waals surface area contributed by atoms with E-state index in [-0.39, 0.29) is 12.0 Å². The van der Waals surface area contributed by atoms with Crippen LogP contribution in [0.25, 0.3) is 0 Å². The average molecular weight is 233 g/mol. The molecule has 0 aliphatic heterocycles. The topological polar surface area (TPSA) is 52.3 Å². The minimum Gasteiger partial charge on any atom is -0.468 e. The third-order valence-electron chi connectivity index (χ3n) is 2.06. The Morgan fingerprint density at radius 3 is 2.56 bits per heavy atom. The molecule has 0 aliphatic carbocycles. The van der Waals surface area contributed by atoms with Gasteiger partial charge in [-0.2, -0.15) is 0 Å². The first kappa shape index (κ1) is 12.5. The predicted molar refractivity (Wildman–Crippen MR) is 50.0 cm³/mol. The van der Waals surface area contributed by atoms with Gasteiger partial charge in [0.25, 0.3) is 0 Å². The molecular weight excluding hydrogens is 223 g/mol. The van der Waals surface area contributed by atoms with Gasteiger partial charge in [-0.25, -0.2) is 13.2 Å². The van der Waals surface area contributed by atoms with Crippen LogP contribution in [0.4, 0.5) is 13.2 Å². The minimum atomic E-state index is -1.57. The predicted octanol–water partition coefficient (Wildman–Crippen LogP) is 1.15. The fourth-order valence-corrected chi connectivity index (χ4v) is 1.20. The Morgan fingerprint density at radius 1 is 1.38 bits per heavy atom. The molecule has 0 saturated heterocycles. The van der Waals surface area contributed by atoms with Crippen molar-refractivity contribution in [3.05, 3.63) is 35.1 Å². The molecule has 1 rings (SSSR count). The summed E-state index contributed by atoms with van der Waals surface area (Å²) in [7, 11) is 1.13. The van der Waals surface area contributed by atoms with Gasteiger partial charge in [-0.15, -0.1) is 0 Å². The summed E-state index contributed by atoms with van der Waals surface area (Å²) in [5.74, 6) is -4.94. The molecule has 0 spiro atoms. The summed E-state index contributed by atoms with van der Waals surface area (Å²) < 4.78 is 42.9. The lowest BCUT2D eigenvalue weighted by atomic mass is 10.1. The Hall–Kier alpha value is -1.56. The fraction of sp³-hybridized carbons (Fsp3) is 0.300. The molecule has 0 aliphatic rings. The van der Waals surface area contributed by atoms with Gasteiger partial charge < -0.3 is 10.5 Å². The maximum absolute atomic E-state index is 13.2. The first-order chi connectivity index (χ1) is 7.47. The van der Waals surface area contributed by atoms with Crippen LogP contribution in [0.2, 0.25) is 0 Å². The molecule has 0 amide bonds. The van der Waals surface area contributed by atoms with Crippen LogP contribution in [0.1, 0.15) is 5.56 Å². The zero-order valence-corrected chi connectivity index (χ0v) is 8.47. The van der Waals surface area contributed by atoms with Crippen LogP contribution in [0, 0.1) is 17.5 Å². The van der Waals surface area contributed by atoms with Gasteiger partial charge in [0.15, 0.2) is 17.5 Å². The van der Waals surface area contributed by atoms with E-state index in [4.69, 9.17) is 5.73 Å². The summed E-state index contributed by atoms with van der Waals surface area (Å²) >= 11 is 0. The second-order valence-corrected chi connectivity index (χ2v) is 3.17. The van der Waals surface area contributed by atoms with Gasteiger partial charge in [0.05, 0.1) is 7.11 Å². The number of ether oxygens (including phenoxy) is 1. The third-order valence-corrected chi connectivity index (χ3v) is 2.06. The first-order valence-electron chi connectivity index (χ1n) is 4.43. The number of halogens is 3. The largest absolute Gasteiger partial charge is 0.468 e. The van der Waals surface area contributed by atoms with Gasteiger partial charge in [-0.3, -0.25) is 4.79 Å². The molecule has 88 valence electrons. The van der Waals surface area contributed by atoms with Crippen LogP contribution in [-0.4, -0.2) is 19.1 Å². The van der Waals surface area contributed by atoms with Crippen LogP contribution < -0.4 is 5.73 Å². The van der Waals surface area contributed by atoms with Gasteiger partial charge in [0.1, 0.15) is 6.04 Å². The van der Waals surface area contributed by atoms with E-state index in [0.29, 0.717) is 0 Å². The molecule has 0 radical (unpaired) electrons. The van der Waals surface area contributed by atoms with Crippen molar-refractivity contribution in [2.24, 2.45) is 5.73 Å². The lowest BCUT2D eigenvalue weighted by Crippen LogP contribution is -2.34. The molecule has 2 N–H and O–H groups in total. The molecular formula is C10H10F3NO2. The van der Waals surface area contributed by atoms with Crippen molar-refractivity contribution in [3.8, 4) is 0 Å². The van der Waals surface area contributed by atoms with Crippen molar-refractivity contribution in [2.75, 3.05) is 7.11 Å².